The molecule has 1 fully saturated rings. The smallest absolute Gasteiger partial charge is 0.407 e. The Hall–Kier alpha value is -2.93. The van der Waals surface area contributed by atoms with Crippen LogP contribution in [0.4, 0.5) is 15.7 Å². The van der Waals surface area contributed by atoms with Crippen LogP contribution in [0.1, 0.15) is 38.5 Å². The Balaban J connectivity index is 1.60. The fourth-order valence-corrected chi connectivity index (χ4v) is 4.04. The van der Waals surface area contributed by atoms with Gasteiger partial charge in [-0.05, 0) is 24.2 Å². The normalized spacial score (nSPS) is 19.4. The van der Waals surface area contributed by atoms with Gasteiger partial charge in [0.05, 0.1) is 12.8 Å². The number of hydrogen-bond acceptors (Lipinski definition) is 8. The molecule has 2 atom stereocenters. The molecule has 10 heteroatoms. The van der Waals surface area contributed by atoms with Gasteiger partial charge in [0.2, 0.25) is 5.88 Å². The number of ether oxygens (including phenoxy) is 1. The number of amides is 1. The number of nitrogens with one attached hydrogen (secondary N) is 1. The number of hydrogen-bond donors (Lipinski definition) is 2. The van der Waals surface area contributed by atoms with Gasteiger partial charge in [0.15, 0.2) is 5.13 Å². The summed E-state index contributed by atoms with van der Waals surface area (Å²) >= 11 is 1.24. The van der Waals surface area contributed by atoms with Gasteiger partial charge in [0.25, 0.3) is 0 Å². The van der Waals surface area contributed by atoms with Gasteiger partial charge < -0.3 is 20.1 Å². The molecule has 154 valence electrons. The molecule has 3 heterocycles. The number of carbonyl (C=O) groups is 1. The molecular weight excluding hydrogens is 392 g/mol. The van der Waals surface area contributed by atoms with Gasteiger partial charge in [-0.1, -0.05) is 32.1 Å². The maximum absolute atomic E-state index is 11.6. The average Bonchev–Trinajstić information content (AvgIpc) is 3.13. The Morgan fingerprint density at radius 2 is 2.24 bits per heavy atom. The average molecular weight is 417 g/mol. The molecule has 0 aromatic carbocycles. The Bertz CT molecular complexity index is 904. The molecule has 0 bridgehead atoms. The van der Waals surface area contributed by atoms with Crippen molar-refractivity contribution in [1.29, 1.82) is 5.26 Å². The number of nitrogens with zero attached hydrogens (tertiary/aromatic N) is 5. The van der Waals surface area contributed by atoms with Gasteiger partial charge >= 0.3 is 6.09 Å². The number of carboxylic acid groups (broad SMARTS) is 1. The van der Waals surface area contributed by atoms with Crippen molar-refractivity contribution in [2.24, 2.45) is 11.3 Å². The molecule has 2 aromatic rings. The molecule has 1 amide bonds. The van der Waals surface area contributed by atoms with Crippen molar-refractivity contribution in [2.45, 2.75) is 39.7 Å². The zero-order chi connectivity index (χ0) is 21.0. The number of anilines is 2. The van der Waals surface area contributed by atoms with Gasteiger partial charge in [0, 0.05) is 18.7 Å². The van der Waals surface area contributed by atoms with Crippen LogP contribution in [0.3, 0.4) is 0 Å². The van der Waals surface area contributed by atoms with E-state index in [0.717, 1.165) is 12.8 Å². The Labute approximate surface area is 173 Å². The minimum absolute atomic E-state index is 0.0517. The van der Waals surface area contributed by atoms with Gasteiger partial charge in [-0.25, -0.2) is 19.7 Å². The number of nitriles is 1. The molecule has 29 heavy (non-hydrogen) atoms. The van der Waals surface area contributed by atoms with E-state index in [0.29, 0.717) is 34.9 Å². The molecule has 2 unspecified atom stereocenters. The van der Waals surface area contributed by atoms with Gasteiger partial charge in [-0.2, -0.15) is 5.26 Å². The first-order valence-corrected chi connectivity index (χ1v) is 10.2. The number of aromatic nitrogens is 3. The van der Waals surface area contributed by atoms with Crippen molar-refractivity contribution in [1.82, 2.24) is 19.9 Å². The first kappa shape index (κ1) is 20.8. The third-order valence-electron chi connectivity index (χ3n) is 4.92. The molecule has 0 aliphatic carbocycles. The van der Waals surface area contributed by atoms with E-state index < -0.39 is 6.09 Å². The number of thiazole rings is 1. The third kappa shape index (κ3) is 5.32. The minimum atomic E-state index is -0.863. The highest BCUT2D eigenvalue weighted by molar-refractivity contribution is 7.16. The summed E-state index contributed by atoms with van der Waals surface area (Å²) in [5.74, 6) is 1.22. The largest absolute Gasteiger partial charge is 0.477 e. The molecule has 1 aliphatic heterocycles. The molecule has 0 radical (unpaired) electrons. The van der Waals surface area contributed by atoms with Crippen LogP contribution in [-0.4, -0.2) is 50.2 Å². The minimum Gasteiger partial charge on any atom is -0.477 e. The SMILES string of the molecule is CC(C)(C)C1CC(COc2cc(Nc3ncc(C#N)s3)ncn2)CCN1C(=O)O. The maximum atomic E-state index is 11.6. The lowest BCUT2D eigenvalue weighted by atomic mass is 9.77. The van der Waals surface area contributed by atoms with Crippen LogP contribution in [0.5, 0.6) is 5.88 Å². The van der Waals surface area contributed by atoms with E-state index in [2.05, 4.69) is 41.0 Å². The predicted octanol–water partition coefficient (Wildman–Crippen LogP) is 3.73. The Morgan fingerprint density at radius 1 is 1.45 bits per heavy atom. The van der Waals surface area contributed by atoms with E-state index in [4.69, 9.17) is 10.00 Å². The lowest BCUT2D eigenvalue weighted by Crippen LogP contribution is -2.52. The van der Waals surface area contributed by atoms with Crippen LogP contribution in [-0.2, 0) is 0 Å². The van der Waals surface area contributed by atoms with E-state index >= 15 is 0 Å². The van der Waals surface area contributed by atoms with Gasteiger partial charge in [-0.15, -0.1) is 0 Å². The zero-order valence-corrected chi connectivity index (χ0v) is 17.4. The predicted molar refractivity (Wildman–Crippen MR) is 108 cm³/mol. The number of likely N-dealkylation sites (tertiary alicyclic amines) is 1. The van der Waals surface area contributed by atoms with Crippen molar-refractivity contribution >= 4 is 28.4 Å². The summed E-state index contributed by atoms with van der Waals surface area (Å²) < 4.78 is 5.88. The quantitative estimate of drug-likeness (QED) is 0.755. The van der Waals surface area contributed by atoms with Crippen molar-refractivity contribution < 1.29 is 14.6 Å². The summed E-state index contributed by atoms with van der Waals surface area (Å²) in [6.45, 7) is 7.17. The van der Waals surface area contributed by atoms with E-state index in [9.17, 15) is 9.90 Å². The van der Waals surface area contributed by atoms with Crippen LogP contribution in [0.2, 0.25) is 0 Å². The summed E-state index contributed by atoms with van der Waals surface area (Å²) in [6.07, 6.45) is 3.55. The second kappa shape index (κ2) is 8.61. The monoisotopic (exact) mass is 416 g/mol. The van der Waals surface area contributed by atoms with Crippen LogP contribution < -0.4 is 10.1 Å². The molecule has 9 nitrogen and oxygen atoms in total. The maximum Gasteiger partial charge on any atom is 0.407 e. The van der Waals surface area contributed by atoms with Gasteiger partial charge in [0.1, 0.15) is 23.1 Å². The van der Waals surface area contributed by atoms with E-state index in [1.165, 1.54) is 23.9 Å². The molecule has 2 N–H and O–H groups in total. The summed E-state index contributed by atoms with van der Waals surface area (Å²) in [6, 6.07) is 3.67. The molecule has 2 aromatic heterocycles. The van der Waals surface area contributed by atoms with Crippen LogP contribution in [0, 0.1) is 22.7 Å². The van der Waals surface area contributed by atoms with Crippen molar-refractivity contribution in [2.75, 3.05) is 18.5 Å². The van der Waals surface area contributed by atoms with Crippen LogP contribution in [0.25, 0.3) is 0 Å². The van der Waals surface area contributed by atoms with E-state index in [1.54, 1.807) is 11.0 Å². The summed E-state index contributed by atoms with van der Waals surface area (Å²) in [7, 11) is 0. The Kier molecular flexibility index (Phi) is 6.17. The van der Waals surface area contributed by atoms with Crippen LogP contribution >= 0.6 is 11.3 Å². The van der Waals surface area contributed by atoms with Crippen molar-refractivity contribution in [3.8, 4) is 11.9 Å². The lowest BCUT2D eigenvalue weighted by molar-refractivity contribution is 0.0298. The summed E-state index contributed by atoms with van der Waals surface area (Å²) in [5, 5.41) is 22.0. The van der Waals surface area contributed by atoms with Gasteiger partial charge in [-0.3, -0.25) is 0 Å². The summed E-state index contributed by atoms with van der Waals surface area (Å²) in [5.41, 5.74) is -0.140. The summed E-state index contributed by atoms with van der Waals surface area (Å²) in [4.78, 5) is 26.0. The van der Waals surface area contributed by atoms with E-state index in [1.807, 2.05) is 6.07 Å². The molecule has 1 saturated heterocycles. The third-order valence-corrected chi connectivity index (χ3v) is 5.73. The lowest BCUT2D eigenvalue weighted by Gasteiger charge is -2.44. The first-order chi connectivity index (χ1) is 13.8. The highest BCUT2D eigenvalue weighted by Gasteiger charge is 2.38. The Morgan fingerprint density at radius 3 is 2.90 bits per heavy atom. The zero-order valence-electron chi connectivity index (χ0n) is 16.6. The first-order valence-electron chi connectivity index (χ1n) is 9.33. The molecule has 3 rings (SSSR count). The number of piperidine rings is 1. The highest BCUT2D eigenvalue weighted by atomic mass is 32.1. The van der Waals surface area contributed by atoms with Crippen molar-refractivity contribution in [3.63, 3.8) is 0 Å². The second-order valence-corrected chi connectivity index (χ2v) is 9.10. The molecular formula is C19H24N6O3S. The van der Waals surface area contributed by atoms with E-state index in [-0.39, 0.29) is 17.4 Å². The molecule has 0 spiro atoms. The molecule has 1 aliphatic rings. The molecule has 0 saturated carbocycles. The fraction of sp³-hybridized carbons (Fsp3) is 0.526. The second-order valence-electron chi connectivity index (χ2n) is 8.07. The highest BCUT2D eigenvalue weighted by Crippen LogP contribution is 2.35. The number of rotatable bonds is 5. The topological polar surface area (TPSA) is 124 Å². The van der Waals surface area contributed by atoms with Crippen molar-refractivity contribution in [3.05, 3.63) is 23.5 Å². The van der Waals surface area contributed by atoms with Crippen LogP contribution in [0.15, 0.2) is 18.6 Å². The standard InChI is InChI=1S/C19H24N6O3S/c1-19(2,3)14-6-12(4-5-25(14)18(26)27)10-28-16-7-15(22-11-23-16)24-17-21-9-13(8-20)29-17/h7,9,11-12,14H,4-6,10H2,1-3H3,(H,26,27)(H,21,22,23,24). The fourth-order valence-electron chi connectivity index (χ4n) is 3.42.